The molecule has 0 aromatic heterocycles. The zero-order chi connectivity index (χ0) is 3.98. The van der Waals surface area contributed by atoms with Gasteiger partial charge in [-0.15, -0.1) is 0 Å². The molecule has 0 aromatic carbocycles. The van der Waals surface area contributed by atoms with Crippen molar-refractivity contribution in [3.8, 4) is 11.1 Å². The Labute approximate surface area is 36.4 Å². The number of rotatable bonds is 0. The molecule has 0 aromatic rings. The van der Waals surface area contributed by atoms with Crippen LogP contribution in [0.3, 0.4) is 0 Å². The molecule has 0 aliphatic heterocycles. The molecule has 0 fully saturated rings. The van der Waals surface area contributed by atoms with Gasteiger partial charge < -0.3 is 0 Å². The van der Waals surface area contributed by atoms with Gasteiger partial charge in [-0.05, 0) is 11.1 Å². The molecule has 6 heavy (non-hydrogen) atoms. The monoisotopic (exact) mass is 76.0 g/mol. The van der Waals surface area contributed by atoms with Crippen LogP contribution in [-0.4, -0.2) is 0 Å². The molecule has 2 aliphatic carbocycles. The van der Waals surface area contributed by atoms with Gasteiger partial charge in [-0.2, -0.15) is 0 Å². The molecule has 28 valence electrons. The van der Waals surface area contributed by atoms with E-state index in [0.717, 1.165) is 0 Å². The van der Waals surface area contributed by atoms with Gasteiger partial charge in [0, 0.05) is 0 Å². The number of hydrogen-bond acceptors (Lipinski definition) is 0. The minimum atomic E-state index is 1.43. The molecule has 0 amide bonds. The van der Waals surface area contributed by atoms with E-state index in [-0.39, 0.29) is 0 Å². The number of fused-ring (bicyclic) bond motifs is 1. The van der Waals surface area contributed by atoms with Gasteiger partial charge in [0.25, 0.3) is 0 Å². The van der Waals surface area contributed by atoms with E-state index in [4.69, 9.17) is 0 Å². The topological polar surface area (TPSA) is 0 Å². The second-order valence-electron chi connectivity index (χ2n) is 1.58. The highest BCUT2D eigenvalue weighted by Crippen LogP contribution is 2.29. The Morgan fingerprint density at radius 2 is 1.00 bits per heavy atom. The van der Waals surface area contributed by atoms with E-state index in [1.54, 1.807) is 0 Å². The quantitative estimate of drug-likeness (QED) is 0.447. The van der Waals surface area contributed by atoms with E-state index in [2.05, 4.69) is 24.3 Å². The van der Waals surface area contributed by atoms with Gasteiger partial charge in [0.05, 0.1) is 0 Å². The van der Waals surface area contributed by atoms with Crippen LogP contribution in [0, 0.1) is 0 Å². The first-order valence-electron chi connectivity index (χ1n) is 2.07. The first kappa shape index (κ1) is 2.40. The Balaban J connectivity index is 2.95. The summed E-state index contributed by atoms with van der Waals surface area (Å²) in [6, 6.07) is 8.48. The maximum Gasteiger partial charge on any atom is -0.0184 e. The van der Waals surface area contributed by atoms with Gasteiger partial charge in [-0.1, -0.05) is 24.3 Å². The van der Waals surface area contributed by atoms with Crippen LogP contribution in [0.2, 0.25) is 0 Å². The molecule has 2 aliphatic rings. The van der Waals surface area contributed by atoms with Crippen molar-refractivity contribution in [3.05, 3.63) is 24.3 Å². The van der Waals surface area contributed by atoms with E-state index in [9.17, 15) is 0 Å². The van der Waals surface area contributed by atoms with E-state index >= 15 is 0 Å². The van der Waals surface area contributed by atoms with Crippen molar-refractivity contribution in [2.45, 2.75) is 0 Å². The van der Waals surface area contributed by atoms with Crippen LogP contribution in [0.5, 0.6) is 0 Å². The zero-order valence-electron chi connectivity index (χ0n) is 3.31. The first-order chi connectivity index (χ1) is 2.97. The third-order valence-electron chi connectivity index (χ3n) is 1.22. The van der Waals surface area contributed by atoms with Crippen molar-refractivity contribution in [3.63, 3.8) is 0 Å². The summed E-state index contributed by atoms with van der Waals surface area (Å²) in [4.78, 5) is 0. The summed E-state index contributed by atoms with van der Waals surface area (Å²) in [5.74, 6) is 0. The van der Waals surface area contributed by atoms with E-state index in [0.29, 0.717) is 0 Å². The average molecular weight is 76.1 g/mol. The predicted octanol–water partition coefficient (Wildman–Crippen LogP) is 1.67. The van der Waals surface area contributed by atoms with Crippen molar-refractivity contribution < 1.29 is 0 Å². The predicted molar refractivity (Wildman–Crippen MR) is 25.4 cm³/mol. The second-order valence-corrected chi connectivity index (χ2v) is 1.58. The lowest BCUT2D eigenvalue weighted by atomic mass is 9.95. The first-order valence-corrected chi connectivity index (χ1v) is 2.07. The van der Waals surface area contributed by atoms with Gasteiger partial charge in [0.15, 0.2) is 0 Å². The maximum atomic E-state index is 2.12. The fourth-order valence-electron chi connectivity index (χ4n) is 0.663. The van der Waals surface area contributed by atoms with Crippen molar-refractivity contribution in [2.24, 2.45) is 0 Å². The minimum absolute atomic E-state index is 1.43. The Bertz CT molecular complexity index is 139. The summed E-state index contributed by atoms with van der Waals surface area (Å²) in [7, 11) is 0. The summed E-state index contributed by atoms with van der Waals surface area (Å²) < 4.78 is 0. The van der Waals surface area contributed by atoms with Gasteiger partial charge in [-0.25, -0.2) is 0 Å². The van der Waals surface area contributed by atoms with Crippen LogP contribution in [0.25, 0.3) is 11.1 Å². The molecule has 0 nitrogen and oxygen atoms in total. The van der Waals surface area contributed by atoms with E-state index < -0.39 is 0 Å². The summed E-state index contributed by atoms with van der Waals surface area (Å²) in [5.41, 5.74) is 2.85. The van der Waals surface area contributed by atoms with Gasteiger partial charge in [0.1, 0.15) is 0 Å². The number of benzene rings is 1. The Morgan fingerprint density at radius 1 is 0.667 bits per heavy atom. The van der Waals surface area contributed by atoms with Gasteiger partial charge >= 0.3 is 0 Å². The minimum Gasteiger partial charge on any atom is -0.0538 e. The van der Waals surface area contributed by atoms with Gasteiger partial charge in [0.2, 0.25) is 0 Å². The summed E-state index contributed by atoms with van der Waals surface area (Å²) in [6.07, 6.45) is 0. The highest BCUT2D eigenvalue weighted by Gasteiger charge is 2.03. The van der Waals surface area contributed by atoms with Crippen molar-refractivity contribution in [1.82, 2.24) is 0 Å². The summed E-state index contributed by atoms with van der Waals surface area (Å²) in [5, 5.41) is 0. The molecule has 0 saturated carbocycles. The van der Waals surface area contributed by atoms with Crippen LogP contribution < -0.4 is 0 Å². The lowest BCUT2D eigenvalue weighted by Gasteiger charge is -2.10. The Kier molecular flexibility index (Phi) is 0.206. The highest BCUT2D eigenvalue weighted by molar-refractivity contribution is 5.75. The lowest BCUT2D eigenvalue weighted by molar-refractivity contribution is 1.55. The van der Waals surface area contributed by atoms with Crippen molar-refractivity contribution in [1.29, 1.82) is 0 Å². The molecule has 0 saturated heterocycles. The van der Waals surface area contributed by atoms with Crippen LogP contribution in [-0.2, 0) is 0 Å². The van der Waals surface area contributed by atoms with E-state index in [1.165, 1.54) is 11.1 Å². The molecule has 0 spiro atoms. The maximum absolute atomic E-state index is 2.12. The smallest absolute Gasteiger partial charge is 0.0184 e. The molecule has 0 radical (unpaired) electrons. The summed E-state index contributed by atoms with van der Waals surface area (Å²) >= 11 is 0. The third-order valence-corrected chi connectivity index (χ3v) is 1.22. The van der Waals surface area contributed by atoms with Crippen molar-refractivity contribution >= 4 is 0 Å². The van der Waals surface area contributed by atoms with E-state index in [1.807, 2.05) is 0 Å². The second kappa shape index (κ2) is 0.515. The van der Waals surface area contributed by atoms with Crippen LogP contribution >= 0.6 is 0 Å². The zero-order valence-corrected chi connectivity index (χ0v) is 3.31. The largest absolute Gasteiger partial charge is 0.0538 e. The molecule has 0 atom stereocenters. The fraction of sp³-hybridized carbons (Fsp3) is 0. The molecule has 0 heteroatoms. The molecule has 0 N–H and O–H groups in total. The standard InChI is InChI=1S/C6H4/c1-2-6-4-3-5(1)6/h1-4H. The fourth-order valence-corrected chi connectivity index (χ4v) is 0.663. The Morgan fingerprint density at radius 3 is 1.00 bits per heavy atom. The molecule has 0 bridgehead atoms. The molecule has 0 heterocycles. The third kappa shape index (κ3) is 0.0908. The van der Waals surface area contributed by atoms with Gasteiger partial charge in [-0.3, -0.25) is 0 Å². The van der Waals surface area contributed by atoms with Crippen molar-refractivity contribution in [2.75, 3.05) is 0 Å². The molecular formula is C6H4. The molecular weight excluding hydrogens is 72.1 g/mol. The van der Waals surface area contributed by atoms with Crippen LogP contribution in [0.4, 0.5) is 0 Å². The number of hydrogen-bond donors (Lipinski definition) is 0. The summed E-state index contributed by atoms with van der Waals surface area (Å²) in [6.45, 7) is 0. The van der Waals surface area contributed by atoms with Crippen LogP contribution in [0.1, 0.15) is 0 Å². The SMILES string of the molecule is c1cc2ccc1-2. The Hall–Kier alpha value is -0.780. The average Bonchev–Trinajstić information content (AvgIpc) is 1.54. The molecule has 2 rings (SSSR count). The lowest BCUT2D eigenvalue weighted by Crippen LogP contribution is -1.85. The van der Waals surface area contributed by atoms with Crippen LogP contribution in [0.15, 0.2) is 24.3 Å². The normalized spacial score (nSPS) is 11.3. The molecule has 0 unspecified atom stereocenters. The highest BCUT2D eigenvalue weighted by atomic mass is 14.1.